The van der Waals surface area contributed by atoms with Crippen LogP contribution in [-0.2, 0) is 18.3 Å². The summed E-state index contributed by atoms with van der Waals surface area (Å²) in [7, 11) is 1.90. The summed E-state index contributed by atoms with van der Waals surface area (Å²) in [6, 6.07) is 8.98. The standard InChI is InChI=1S/C16H20N4O2S/c1-4-22-15(21)12-5-7-13(8-6-12)18-16(23)17-10-14-9-11(2)19-20(14)3/h5-9H,4,10H2,1-3H3,(H2,17,18,23). The number of rotatable bonds is 5. The number of aryl methyl sites for hydroxylation is 2. The van der Waals surface area contributed by atoms with Crippen LogP contribution in [0.25, 0.3) is 0 Å². The zero-order valence-electron chi connectivity index (χ0n) is 13.4. The van der Waals surface area contributed by atoms with Crippen LogP contribution in [0.2, 0.25) is 0 Å². The maximum Gasteiger partial charge on any atom is 0.338 e. The van der Waals surface area contributed by atoms with Crippen molar-refractivity contribution in [3.63, 3.8) is 0 Å². The second-order valence-corrected chi connectivity index (χ2v) is 5.41. The number of nitrogens with one attached hydrogen (secondary N) is 2. The number of carbonyl (C=O) groups is 1. The van der Waals surface area contributed by atoms with Gasteiger partial charge in [-0.3, -0.25) is 4.68 Å². The fourth-order valence-electron chi connectivity index (χ4n) is 2.08. The van der Waals surface area contributed by atoms with Gasteiger partial charge in [-0.05, 0) is 56.4 Å². The molecule has 0 aliphatic carbocycles. The van der Waals surface area contributed by atoms with Crippen LogP contribution in [-0.4, -0.2) is 27.5 Å². The lowest BCUT2D eigenvalue weighted by Gasteiger charge is -2.11. The second kappa shape index (κ2) is 7.73. The molecule has 0 unspecified atom stereocenters. The molecule has 0 saturated carbocycles. The summed E-state index contributed by atoms with van der Waals surface area (Å²) in [5.74, 6) is -0.327. The molecule has 0 radical (unpaired) electrons. The van der Waals surface area contributed by atoms with E-state index >= 15 is 0 Å². The molecule has 0 spiro atoms. The van der Waals surface area contributed by atoms with Crippen LogP contribution < -0.4 is 10.6 Å². The molecule has 0 atom stereocenters. The number of nitrogens with zero attached hydrogens (tertiary/aromatic N) is 2. The predicted molar refractivity (Wildman–Crippen MR) is 93.4 cm³/mol. The van der Waals surface area contributed by atoms with E-state index in [9.17, 15) is 4.79 Å². The van der Waals surface area contributed by atoms with Crippen molar-refractivity contribution >= 4 is 29.0 Å². The summed E-state index contributed by atoms with van der Waals surface area (Å²) in [6.07, 6.45) is 0. The van der Waals surface area contributed by atoms with Crippen LogP contribution in [0.5, 0.6) is 0 Å². The third-order valence-electron chi connectivity index (χ3n) is 3.18. The van der Waals surface area contributed by atoms with Gasteiger partial charge in [0.1, 0.15) is 0 Å². The number of esters is 1. The summed E-state index contributed by atoms with van der Waals surface area (Å²) >= 11 is 5.27. The zero-order valence-corrected chi connectivity index (χ0v) is 14.2. The monoisotopic (exact) mass is 332 g/mol. The van der Waals surface area contributed by atoms with Crippen molar-refractivity contribution in [2.24, 2.45) is 7.05 Å². The first-order valence-electron chi connectivity index (χ1n) is 7.31. The highest BCUT2D eigenvalue weighted by atomic mass is 32.1. The maximum absolute atomic E-state index is 11.6. The first-order chi connectivity index (χ1) is 11.0. The van der Waals surface area contributed by atoms with E-state index in [1.807, 2.05) is 24.7 Å². The molecule has 0 aliphatic rings. The average Bonchev–Trinajstić information content (AvgIpc) is 2.84. The number of benzene rings is 1. The van der Waals surface area contributed by atoms with Gasteiger partial charge in [-0.1, -0.05) is 0 Å². The number of anilines is 1. The lowest BCUT2D eigenvalue weighted by molar-refractivity contribution is 0.0526. The Kier molecular flexibility index (Phi) is 5.70. The van der Waals surface area contributed by atoms with Crippen LogP contribution in [0.1, 0.15) is 28.7 Å². The number of carbonyl (C=O) groups excluding carboxylic acids is 1. The molecule has 0 aliphatic heterocycles. The topological polar surface area (TPSA) is 68.2 Å². The van der Waals surface area contributed by atoms with Crippen molar-refractivity contribution in [1.29, 1.82) is 0 Å². The van der Waals surface area contributed by atoms with Crippen molar-refractivity contribution in [3.8, 4) is 0 Å². The largest absolute Gasteiger partial charge is 0.462 e. The molecule has 0 amide bonds. The van der Waals surface area contributed by atoms with E-state index in [2.05, 4.69) is 15.7 Å². The summed E-state index contributed by atoms with van der Waals surface area (Å²) in [6.45, 7) is 4.68. The molecule has 122 valence electrons. The third-order valence-corrected chi connectivity index (χ3v) is 3.43. The lowest BCUT2D eigenvalue weighted by atomic mass is 10.2. The summed E-state index contributed by atoms with van der Waals surface area (Å²) in [5.41, 5.74) is 3.33. The molecular formula is C16H20N4O2S. The smallest absolute Gasteiger partial charge is 0.338 e. The molecule has 7 heteroatoms. The molecule has 1 aromatic heterocycles. The molecule has 0 saturated heterocycles. The Labute approximate surface area is 140 Å². The van der Waals surface area contributed by atoms with Gasteiger partial charge in [0.25, 0.3) is 0 Å². The van der Waals surface area contributed by atoms with Gasteiger partial charge in [0.2, 0.25) is 0 Å². The van der Waals surface area contributed by atoms with E-state index in [4.69, 9.17) is 17.0 Å². The molecule has 2 rings (SSSR count). The molecule has 0 bridgehead atoms. The Bertz CT molecular complexity index is 695. The minimum atomic E-state index is -0.327. The quantitative estimate of drug-likeness (QED) is 0.647. The molecule has 1 heterocycles. The molecule has 2 N–H and O–H groups in total. The number of thiocarbonyl (C=S) groups is 1. The fourth-order valence-corrected chi connectivity index (χ4v) is 2.27. The van der Waals surface area contributed by atoms with Gasteiger partial charge in [-0.2, -0.15) is 5.10 Å². The van der Waals surface area contributed by atoms with Crippen molar-refractivity contribution in [2.45, 2.75) is 20.4 Å². The second-order valence-electron chi connectivity index (χ2n) is 5.01. The maximum atomic E-state index is 11.6. The van der Waals surface area contributed by atoms with Gasteiger partial charge < -0.3 is 15.4 Å². The van der Waals surface area contributed by atoms with Gasteiger partial charge >= 0.3 is 5.97 Å². The molecule has 6 nitrogen and oxygen atoms in total. The van der Waals surface area contributed by atoms with Gasteiger partial charge in [0.15, 0.2) is 5.11 Å². The van der Waals surface area contributed by atoms with E-state index in [1.165, 1.54) is 0 Å². The molecular weight excluding hydrogens is 312 g/mol. The third kappa shape index (κ3) is 4.79. The molecule has 1 aromatic carbocycles. The minimum Gasteiger partial charge on any atom is -0.462 e. The Morgan fingerprint density at radius 1 is 1.35 bits per heavy atom. The highest BCUT2D eigenvalue weighted by Gasteiger charge is 2.06. The first kappa shape index (κ1) is 17.0. The van der Waals surface area contributed by atoms with Crippen LogP contribution in [0.4, 0.5) is 5.69 Å². The highest BCUT2D eigenvalue weighted by molar-refractivity contribution is 7.80. The Balaban J connectivity index is 1.87. The van der Waals surface area contributed by atoms with Crippen LogP contribution >= 0.6 is 12.2 Å². The van der Waals surface area contributed by atoms with Crippen molar-refractivity contribution in [1.82, 2.24) is 15.1 Å². The van der Waals surface area contributed by atoms with E-state index in [0.29, 0.717) is 23.8 Å². The van der Waals surface area contributed by atoms with Gasteiger partial charge in [0.05, 0.1) is 30.1 Å². The average molecular weight is 332 g/mol. The number of hydrogen-bond acceptors (Lipinski definition) is 4. The van der Waals surface area contributed by atoms with Crippen molar-refractivity contribution < 1.29 is 9.53 Å². The molecule has 23 heavy (non-hydrogen) atoms. The highest BCUT2D eigenvalue weighted by Crippen LogP contribution is 2.10. The fraction of sp³-hybridized carbons (Fsp3) is 0.312. The Morgan fingerprint density at radius 2 is 2.04 bits per heavy atom. The number of aromatic nitrogens is 2. The van der Waals surface area contributed by atoms with Gasteiger partial charge in [0, 0.05) is 12.7 Å². The normalized spacial score (nSPS) is 10.2. The summed E-state index contributed by atoms with van der Waals surface area (Å²) in [4.78, 5) is 11.6. The number of ether oxygens (including phenoxy) is 1. The molecule has 2 aromatic rings. The predicted octanol–water partition coefficient (Wildman–Crippen LogP) is 2.39. The lowest BCUT2D eigenvalue weighted by Crippen LogP contribution is -2.28. The zero-order chi connectivity index (χ0) is 16.8. The van der Waals surface area contributed by atoms with E-state index < -0.39 is 0 Å². The van der Waals surface area contributed by atoms with Crippen LogP contribution in [0.15, 0.2) is 30.3 Å². The minimum absolute atomic E-state index is 0.327. The summed E-state index contributed by atoms with van der Waals surface area (Å²) in [5, 5.41) is 11.0. The van der Waals surface area contributed by atoms with Gasteiger partial charge in [-0.15, -0.1) is 0 Å². The van der Waals surface area contributed by atoms with E-state index in [1.54, 1.807) is 31.2 Å². The van der Waals surface area contributed by atoms with Crippen LogP contribution in [0, 0.1) is 6.92 Å². The van der Waals surface area contributed by atoms with Crippen LogP contribution in [0.3, 0.4) is 0 Å². The Hall–Kier alpha value is -2.41. The SMILES string of the molecule is CCOC(=O)c1ccc(NC(=S)NCc2cc(C)nn2C)cc1. The van der Waals surface area contributed by atoms with Gasteiger partial charge in [-0.25, -0.2) is 4.79 Å². The summed E-state index contributed by atoms with van der Waals surface area (Å²) < 4.78 is 6.76. The van der Waals surface area contributed by atoms with Crippen molar-refractivity contribution in [3.05, 3.63) is 47.3 Å². The van der Waals surface area contributed by atoms with E-state index in [-0.39, 0.29) is 5.97 Å². The number of hydrogen-bond donors (Lipinski definition) is 2. The van der Waals surface area contributed by atoms with Crippen molar-refractivity contribution in [2.75, 3.05) is 11.9 Å². The first-order valence-corrected chi connectivity index (χ1v) is 7.72. The molecule has 0 fully saturated rings. The Morgan fingerprint density at radius 3 is 2.61 bits per heavy atom. The van der Waals surface area contributed by atoms with E-state index in [0.717, 1.165) is 17.1 Å².